The molecule has 111 heavy (non-hydrogen) atoms. The van der Waals surface area contributed by atoms with E-state index in [0.29, 0.717) is 115 Å². The van der Waals surface area contributed by atoms with Gasteiger partial charge >= 0.3 is 11.9 Å². The molecule has 2 aromatic rings. The molecule has 9 amide bonds. The number of allylic oxidation sites excluding steroid dienone is 6. The highest BCUT2D eigenvalue weighted by molar-refractivity contribution is 7.86. The van der Waals surface area contributed by atoms with Gasteiger partial charge in [0.25, 0.3) is 74.2 Å². The summed E-state index contributed by atoms with van der Waals surface area (Å²) in [5.41, 5.74) is 1.14. The van der Waals surface area contributed by atoms with E-state index >= 15 is 0 Å². The molecule has 2 aromatic carbocycles. The van der Waals surface area contributed by atoms with Crippen LogP contribution in [0.3, 0.4) is 0 Å². The first-order valence-corrected chi connectivity index (χ1v) is 43.8. The number of imide groups is 2. The number of nitrogens with zero attached hydrogens (tertiary/aromatic N) is 4. The van der Waals surface area contributed by atoms with Crippen LogP contribution < -0.4 is 31.5 Å². The van der Waals surface area contributed by atoms with Crippen LogP contribution in [0.2, 0.25) is 0 Å². The molecule has 0 radical (unpaired) electrons. The molecule has 2 saturated heterocycles. The maximum absolute atomic E-state index is 13.8. The van der Waals surface area contributed by atoms with Gasteiger partial charge in [-0.25, -0.2) is 9.59 Å². The fourth-order valence-electron chi connectivity index (χ4n) is 13.7. The minimum Gasteiger partial charge on any atom is -0.356 e. The first-order valence-electron chi connectivity index (χ1n) is 36.1. The Bertz CT molecular complexity index is 4610. The Morgan fingerprint density at radius 2 is 0.946 bits per heavy atom. The van der Waals surface area contributed by atoms with Gasteiger partial charge in [0.2, 0.25) is 35.2 Å². The van der Waals surface area contributed by atoms with E-state index in [-0.39, 0.29) is 120 Å². The van der Waals surface area contributed by atoms with Crippen LogP contribution in [0.15, 0.2) is 82.3 Å². The zero-order valence-corrected chi connectivity index (χ0v) is 65.2. The van der Waals surface area contributed by atoms with Crippen molar-refractivity contribution in [3.63, 3.8) is 0 Å². The van der Waals surface area contributed by atoms with Gasteiger partial charge in [-0.2, -0.15) is 46.7 Å². The number of carbonyl (C=O) groups is 11. The molecule has 10 N–H and O–H groups in total. The Morgan fingerprint density at radius 1 is 0.486 bits per heavy atom. The molecule has 5 heterocycles. The maximum atomic E-state index is 13.8. The van der Waals surface area contributed by atoms with Crippen LogP contribution in [0.25, 0.3) is 0 Å². The van der Waals surface area contributed by atoms with E-state index < -0.39 is 167 Å². The molecule has 2 fully saturated rings. The Kier molecular flexibility index (Phi) is 31.5. The number of hydroxylamine groups is 4. The predicted octanol–water partition coefficient (Wildman–Crippen LogP) is 3.08. The monoisotopic (exact) mass is 1660 g/mol. The smallest absolute Gasteiger partial charge is 0.333 e. The molecule has 5 atom stereocenters. The molecule has 0 spiro atoms. The van der Waals surface area contributed by atoms with Crippen molar-refractivity contribution in [3.8, 4) is 0 Å². The van der Waals surface area contributed by atoms with Gasteiger partial charge in [0.05, 0.1) is 15.2 Å². The van der Waals surface area contributed by atoms with Gasteiger partial charge in [0, 0.05) is 112 Å². The number of carbonyl (C=O) groups excluding carboxylic acids is 11. The van der Waals surface area contributed by atoms with E-state index in [1.165, 1.54) is 30.3 Å². The van der Waals surface area contributed by atoms with E-state index in [4.69, 9.17) is 9.68 Å². The summed E-state index contributed by atoms with van der Waals surface area (Å²) >= 11 is 0. The van der Waals surface area contributed by atoms with E-state index in [9.17, 15) is 118 Å². The maximum Gasteiger partial charge on any atom is 0.333 e. The summed E-state index contributed by atoms with van der Waals surface area (Å²) in [6, 6.07) is 1.30. The Hall–Kier alpha value is -8.75. The molecule has 0 bridgehead atoms. The second-order valence-corrected chi connectivity index (χ2v) is 35.3. The standard InChI is InChI=1S/C69H93N9O28S5/c1-68(35-15-4-13-25-63(85)105-77-59(81)31-32-60(77)82)48-41-46(110(99,100)101)27-29-53(48)75-39-19-6-11-23-57(79)70-37-17-8-18-38-71-65(87)50(43-107(90,91)92)73-67(89)52(45-109(96,97)98)74-66(88)51(44-108(93,94)95)72-58(80)24-12-7-20-40-76-54-30-28-47(111(102,103)104)42-49(54)69(2,56(76)22-10-3-9-21-55(68)75)36-16-5-14-26-64(86)106-78-61(83)33-34-62(78)84/h3,9-10,21-22,27-30,41-42,50-52H,4-8,11-20,23-26,31-40,43-45H2,1-2H3,(H9-,70,71,72,73,74,79,80,87,88,89,90,91,92,93,94,95,96,97,98,99,100,101,102,103,104)/p+1. The number of fused-ring (bicyclic) bond motifs is 5. The fourth-order valence-corrected chi connectivity index (χ4v) is 16.7. The van der Waals surface area contributed by atoms with Crippen molar-refractivity contribution >= 4 is 133 Å². The topological polar surface area (TPSA) is 551 Å². The van der Waals surface area contributed by atoms with Gasteiger partial charge < -0.3 is 41.2 Å². The fraction of sp³-hybridized carbons (Fsp3) is 0.565. The lowest BCUT2D eigenvalue weighted by Gasteiger charge is -2.30. The SMILES string of the molecule is CC1(CCCCCC(=O)ON2C(=O)CCC2=O)C2=[N+](CCCCCC(=O)NCCCCCNC(=O)C(CS(=O)(=O)O)NC(=O)C(CS(=O)(=O)O)NC(=O)C(CS(=O)(=O)O)NC(=O)CCCCCN3/C(=C/C=C/C=C/2)C(C)(CCCCCC(=O)ON2C(=O)CCC2=O)c2cc(S(=O)(=O)O)ccc23)c2ccc(S(=O)(=O)O)cc21. The van der Waals surface area contributed by atoms with Crippen LogP contribution in [0.5, 0.6) is 0 Å². The third-order valence-electron chi connectivity index (χ3n) is 19.4. The molecule has 612 valence electrons. The number of amides is 9. The number of rotatable bonds is 22. The molecule has 0 saturated carbocycles. The molecule has 7 rings (SSSR count). The second kappa shape index (κ2) is 39.1. The summed E-state index contributed by atoms with van der Waals surface area (Å²) in [5.74, 6) is -14.9. The molecule has 5 aliphatic heterocycles. The zero-order chi connectivity index (χ0) is 81.9. The van der Waals surface area contributed by atoms with E-state index in [1.807, 2.05) is 40.0 Å². The van der Waals surface area contributed by atoms with Crippen LogP contribution in [0.1, 0.15) is 185 Å². The van der Waals surface area contributed by atoms with Crippen molar-refractivity contribution in [2.75, 3.05) is 48.3 Å². The first kappa shape index (κ1) is 89.5. The second-order valence-electron chi connectivity index (χ2n) is 28.0. The van der Waals surface area contributed by atoms with Gasteiger partial charge in [-0.3, -0.25) is 65.9 Å². The minimum atomic E-state index is -5.28. The van der Waals surface area contributed by atoms with Crippen molar-refractivity contribution < 1.29 is 132 Å². The summed E-state index contributed by atoms with van der Waals surface area (Å²) < 4.78 is 177. The van der Waals surface area contributed by atoms with E-state index in [0.717, 1.165) is 0 Å². The third-order valence-corrected chi connectivity index (χ3v) is 23.3. The molecule has 0 aromatic heterocycles. The number of hydrogen-bond acceptors (Lipinski definition) is 24. The number of anilines is 1. The number of benzene rings is 2. The molecule has 5 unspecified atom stereocenters. The van der Waals surface area contributed by atoms with E-state index in [2.05, 4.69) is 16.0 Å². The minimum absolute atomic E-state index is 0.00451. The summed E-state index contributed by atoms with van der Waals surface area (Å²) in [4.78, 5) is 153. The number of unbranched alkanes of at least 4 members (excludes halogenated alkanes) is 4. The van der Waals surface area contributed by atoms with Crippen LogP contribution in [-0.4, -0.2) is 212 Å². The molecular weight excluding hydrogens is 1560 g/mol. The molecule has 0 aliphatic carbocycles. The van der Waals surface area contributed by atoms with Gasteiger partial charge in [-0.05, 0) is 126 Å². The van der Waals surface area contributed by atoms with Crippen molar-refractivity contribution in [1.82, 2.24) is 36.7 Å². The Morgan fingerprint density at radius 3 is 1.47 bits per heavy atom. The average Bonchev–Trinajstić information content (AvgIpc) is 1.59. The Balaban J connectivity index is 1.24. The van der Waals surface area contributed by atoms with Crippen LogP contribution in [0.4, 0.5) is 11.4 Å². The van der Waals surface area contributed by atoms with Gasteiger partial charge in [0.1, 0.15) is 41.9 Å². The first-order chi connectivity index (χ1) is 52.0. The van der Waals surface area contributed by atoms with Crippen molar-refractivity contribution in [1.29, 1.82) is 0 Å². The summed E-state index contributed by atoms with van der Waals surface area (Å²) in [7, 11) is -25.2. The number of hydrogen-bond donors (Lipinski definition) is 10. The molecular formula is C69H94N9O28S5+. The van der Waals surface area contributed by atoms with Crippen LogP contribution in [-0.2, 0) is 124 Å². The highest BCUT2D eigenvalue weighted by Crippen LogP contribution is 2.52. The predicted molar refractivity (Wildman–Crippen MR) is 393 cm³/mol. The summed E-state index contributed by atoms with van der Waals surface area (Å²) in [6.07, 6.45) is 13.0. The van der Waals surface area contributed by atoms with Gasteiger partial charge in [0.15, 0.2) is 5.71 Å². The highest BCUT2D eigenvalue weighted by atomic mass is 32.2. The normalized spacial score (nSPS) is 23.8. The van der Waals surface area contributed by atoms with Crippen LogP contribution >= 0.6 is 0 Å². The van der Waals surface area contributed by atoms with Gasteiger partial charge in [-0.1, -0.05) is 50.3 Å². The Labute approximate surface area is 642 Å². The van der Waals surface area contributed by atoms with Crippen molar-refractivity contribution in [3.05, 3.63) is 83.6 Å². The van der Waals surface area contributed by atoms with Crippen molar-refractivity contribution in [2.24, 2.45) is 0 Å². The quantitative estimate of drug-likeness (QED) is 0.0350. The lowest BCUT2D eigenvalue weighted by molar-refractivity contribution is -0.438. The lowest BCUT2D eigenvalue weighted by Crippen LogP contribution is -2.60. The van der Waals surface area contributed by atoms with Gasteiger partial charge in [-0.15, -0.1) is 10.1 Å². The average molecular weight is 1660 g/mol. The highest BCUT2D eigenvalue weighted by Gasteiger charge is 2.49. The largest absolute Gasteiger partial charge is 0.356 e. The molecule has 37 nitrogen and oxygen atoms in total. The van der Waals surface area contributed by atoms with Crippen LogP contribution in [0, 0.1) is 0 Å². The zero-order valence-electron chi connectivity index (χ0n) is 61.2. The van der Waals surface area contributed by atoms with Crippen molar-refractivity contribution in [2.45, 2.75) is 213 Å². The summed E-state index contributed by atoms with van der Waals surface area (Å²) in [5, 5.41) is 11.9. The summed E-state index contributed by atoms with van der Waals surface area (Å²) in [6.45, 7) is 4.18. The molecule has 42 heteroatoms. The van der Waals surface area contributed by atoms with E-state index in [1.54, 1.807) is 30.4 Å². The lowest BCUT2D eigenvalue weighted by atomic mass is 9.75. The molecule has 5 aliphatic rings. The number of nitrogens with one attached hydrogen (secondary N) is 5. The third kappa shape index (κ3) is 26.4.